The van der Waals surface area contributed by atoms with Gasteiger partial charge in [0.2, 0.25) is 0 Å². The lowest BCUT2D eigenvalue weighted by atomic mass is 9.94. The van der Waals surface area contributed by atoms with Crippen molar-refractivity contribution in [2.45, 2.75) is 12.8 Å². The van der Waals surface area contributed by atoms with E-state index >= 15 is 0 Å². The summed E-state index contributed by atoms with van der Waals surface area (Å²) < 4.78 is 27.5. The fraction of sp³-hybridized carbons (Fsp3) is 0.250. The van der Waals surface area contributed by atoms with Crippen LogP contribution in [-0.4, -0.2) is 5.88 Å². The summed E-state index contributed by atoms with van der Waals surface area (Å²) in [5, 5.41) is 0. The van der Waals surface area contributed by atoms with Gasteiger partial charge in [-0.3, -0.25) is 0 Å². The fourth-order valence-corrected chi connectivity index (χ4v) is 2.77. The lowest BCUT2D eigenvalue weighted by molar-refractivity contribution is 0.545. The standard InChI is InChI=1S/C16H14BrClF2/c17-14-3-6-16(20)13(9-14)8-12(10-18)7-11-1-4-15(19)5-2-11/h1-6,9,12H,7-8,10H2. The second kappa shape index (κ2) is 7.19. The summed E-state index contributed by atoms with van der Waals surface area (Å²) in [5.74, 6) is 0.0751. The Morgan fingerprint density at radius 3 is 2.35 bits per heavy atom. The molecule has 0 aromatic heterocycles. The van der Waals surface area contributed by atoms with Crippen LogP contribution in [0.1, 0.15) is 11.1 Å². The Balaban J connectivity index is 2.08. The number of hydrogen-bond donors (Lipinski definition) is 0. The Kier molecular flexibility index (Phi) is 5.55. The van der Waals surface area contributed by atoms with E-state index in [1.54, 1.807) is 24.3 Å². The smallest absolute Gasteiger partial charge is 0.126 e. The van der Waals surface area contributed by atoms with E-state index < -0.39 is 0 Å². The minimum Gasteiger partial charge on any atom is -0.207 e. The zero-order valence-electron chi connectivity index (χ0n) is 10.8. The molecule has 0 fully saturated rings. The first-order valence-corrected chi connectivity index (χ1v) is 7.65. The van der Waals surface area contributed by atoms with Gasteiger partial charge in [-0.15, -0.1) is 11.6 Å². The Bertz CT molecular complexity index is 569. The highest BCUT2D eigenvalue weighted by Crippen LogP contribution is 2.21. The molecule has 0 saturated carbocycles. The molecule has 0 radical (unpaired) electrons. The van der Waals surface area contributed by atoms with E-state index in [1.165, 1.54) is 18.2 Å². The van der Waals surface area contributed by atoms with Gasteiger partial charge >= 0.3 is 0 Å². The number of halogens is 4. The second-order valence-corrected chi connectivity index (χ2v) is 6.02. The summed E-state index contributed by atoms with van der Waals surface area (Å²) in [6, 6.07) is 11.2. The molecule has 0 bridgehead atoms. The minimum atomic E-state index is -0.255. The predicted octanol–water partition coefficient (Wildman–Crippen LogP) is 5.37. The summed E-state index contributed by atoms with van der Waals surface area (Å²) in [6.07, 6.45) is 1.27. The third-order valence-electron chi connectivity index (χ3n) is 3.17. The van der Waals surface area contributed by atoms with Crippen LogP contribution in [-0.2, 0) is 12.8 Å². The van der Waals surface area contributed by atoms with Crippen LogP contribution in [0.2, 0.25) is 0 Å². The molecule has 0 aliphatic carbocycles. The molecule has 1 atom stereocenters. The molecule has 2 rings (SSSR count). The topological polar surface area (TPSA) is 0 Å². The lowest BCUT2D eigenvalue weighted by Gasteiger charge is -2.15. The van der Waals surface area contributed by atoms with Crippen molar-refractivity contribution in [3.8, 4) is 0 Å². The Hall–Kier alpha value is -0.930. The van der Waals surface area contributed by atoms with Crippen LogP contribution in [0, 0.1) is 17.6 Å². The first kappa shape index (κ1) is 15.5. The molecule has 4 heteroatoms. The number of benzene rings is 2. The van der Waals surface area contributed by atoms with Gasteiger partial charge in [0.25, 0.3) is 0 Å². The highest BCUT2D eigenvalue weighted by molar-refractivity contribution is 9.10. The molecule has 2 aromatic rings. The molecule has 0 heterocycles. The van der Waals surface area contributed by atoms with E-state index in [-0.39, 0.29) is 17.6 Å². The summed E-state index contributed by atoms with van der Waals surface area (Å²) in [4.78, 5) is 0. The molecule has 0 saturated heterocycles. The van der Waals surface area contributed by atoms with Crippen LogP contribution in [0.4, 0.5) is 8.78 Å². The van der Waals surface area contributed by atoms with Crippen molar-refractivity contribution >= 4 is 27.5 Å². The minimum absolute atomic E-state index is 0.117. The largest absolute Gasteiger partial charge is 0.207 e. The van der Waals surface area contributed by atoms with Crippen LogP contribution >= 0.6 is 27.5 Å². The monoisotopic (exact) mass is 358 g/mol. The van der Waals surface area contributed by atoms with E-state index in [2.05, 4.69) is 15.9 Å². The van der Waals surface area contributed by atoms with E-state index in [4.69, 9.17) is 11.6 Å². The van der Waals surface area contributed by atoms with E-state index in [0.717, 1.165) is 10.0 Å². The normalized spacial score (nSPS) is 12.4. The van der Waals surface area contributed by atoms with Crippen LogP contribution in [0.25, 0.3) is 0 Å². The molecule has 20 heavy (non-hydrogen) atoms. The highest BCUT2D eigenvalue weighted by Gasteiger charge is 2.13. The molecule has 0 amide bonds. The average Bonchev–Trinajstić information content (AvgIpc) is 2.44. The molecule has 0 aliphatic heterocycles. The number of rotatable bonds is 5. The Morgan fingerprint density at radius 2 is 1.70 bits per heavy atom. The van der Waals surface area contributed by atoms with Gasteiger partial charge in [0.15, 0.2) is 0 Å². The van der Waals surface area contributed by atoms with E-state index in [1.807, 2.05) is 0 Å². The second-order valence-electron chi connectivity index (χ2n) is 4.79. The zero-order chi connectivity index (χ0) is 14.5. The molecule has 0 spiro atoms. The van der Waals surface area contributed by atoms with Gasteiger partial charge in [0.1, 0.15) is 11.6 Å². The maximum atomic E-state index is 13.7. The highest BCUT2D eigenvalue weighted by atomic mass is 79.9. The van der Waals surface area contributed by atoms with Gasteiger partial charge in [-0.2, -0.15) is 0 Å². The fourth-order valence-electron chi connectivity index (χ4n) is 2.15. The third-order valence-corrected chi connectivity index (χ3v) is 4.10. The first-order chi connectivity index (χ1) is 9.58. The van der Waals surface area contributed by atoms with Crippen LogP contribution in [0.5, 0.6) is 0 Å². The Labute approximate surface area is 130 Å². The van der Waals surface area contributed by atoms with Gasteiger partial charge in [0.05, 0.1) is 0 Å². The van der Waals surface area contributed by atoms with Crippen molar-refractivity contribution in [1.82, 2.24) is 0 Å². The molecule has 0 nitrogen and oxygen atoms in total. The lowest BCUT2D eigenvalue weighted by Crippen LogP contribution is -2.11. The van der Waals surface area contributed by atoms with Gasteiger partial charge < -0.3 is 0 Å². The quantitative estimate of drug-likeness (QED) is 0.630. The molecule has 106 valence electrons. The molecule has 0 aliphatic rings. The van der Waals surface area contributed by atoms with Crippen molar-refractivity contribution in [3.63, 3.8) is 0 Å². The van der Waals surface area contributed by atoms with Crippen molar-refractivity contribution in [1.29, 1.82) is 0 Å². The summed E-state index contributed by atoms with van der Waals surface area (Å²) in [5.41, 5.74) is 1.65. The van der Waals surface area contributed by atoms with Crippen molar-refractivity contribution in [2.24, 2.45) is 5.92 Å². The Morgan fingerprint density at radius 1 is 1.00 bits per heavy atom. The number of alkyl halides is 1. The van der Waals surface area contributed by atoms with Gasteiger partial charge in [0, 0.05) is 10.4 Å². The molecule has 2 aromatic carbocycles. The first-order valence-electron chi connectivity index (χ1n) is 6.33. The van der Waals surface area contributed by atoms with Crippen molar-refractivity contribution in [2.75, 3.05) is 5.88 Å². The van der Waals surface area contributed by atoms with Crippen molar-refractivity contribution in [3.05, 3.63) is 69.7 Å². The van der Waals surface area contributed by atoms with E-state index in [0.29, 0.717) is 24.3 Å². The van der Waals surface area contributed by atoms with Gasteiger partial charge in [-0.25, -0.2) is 8.78 Å². The third kappa shape index (κ3) is 4.29. The predicted molar refractivity (Wildman–Crippen MR) is 82.1 cm³/mol. The number of hydrogen-bond acceptors (Lipinski definition) is 0. The molecule has 0 N–H and O–H groups in total. The summed E-state index contributed by atoms with van der Waals surface area (Å²) >= 11 is 9.32. The van der Waals surface area contributed by atoms with Crippen molar-refractivity contribution < 1.29 is 8.78 Å². The van der Waals surface area contributed by atoms with Crippen LogP contribution in [0.3, 0.4) is 0 Å². The van der Waals surface area contributed by atoms with Gasteiger partial charge in [-0.1, -0.05) is 28.1 Å². The summed E-state index contributed by atoms with van der Waals surface area (Å²) in [7, 11) is 0. The molecular weight excluding hydrogens is 346 g/mol. The van der Waals surface area contributed by atoms with Crippen LogP contribution < -0.4 is 0 Å². The maximum absolute atomic E-state index is 13.7. The molecular formula is C16H14BrClF2. The van der Waals surface area contributed by atoms with Crippen LogP contribution in [0.15, 0.2) is 46.9 Å². The van der Waals surface area contributed by atoms with Gasteiger partial charge in [-0.05, 0) is 60.2 Å². The SMILES string of the molecule is Fc1ccc(CC(CCl)Cc2cc(Br)ccc2F)cc1. The van der Waals surface area contributed by atoms with E-state index in [9.17, 15) is 8.78 Å². The maximum Gasteiger partial charge on any atom is 0.126 e. The zero-order valence-corrected chi connectivity index (χ0v) is 13.1. The molecule has 1 unspecified atom stereocenters. The summed E-state index contributed by atoms with van der Waals surface area (Å²) in [6.45, 7) is 0. The average molecular weight is 360 g/mol.